The van der Waals surface area contributed by atoms with Gasteiger partial charge in [-0.2, -0.15) is 0 Å². The summed E-state index contributed by atoms with van der Waals surface area (Å²) in [4.78, 5) is 8.81. The zero-order valence-corrected chi connectivity index (χ0v) is 13.1. The Kier molecular flexibility index (Phi) is 6.47. The molecule has 0 spiro atoms. The Morgan fingerprint density at radius 2 is 1.90 bits per heavy atom. The van der Waals surface area contributed by atoms with Crippen molar-refractivity contribution in [3.63, 3.8) is 0 Å². The molecule has 0 radical (unpaired) electrons. The van der Waals surface area contributed by atoms with E-state index in [2.05, 4.69) is 26.7 Å². The van der Waals surface area contributed by atoms with Crippen LogP contribution in [0.15, 0.2) is 17.7 Å². The highest BCUT2D eigenvalue weighted by Crippen LogP contribution is 2.20. The number of methoxy groups -OCH3 is 1. The van der Waals surface area contributed by atoms with Gasteiger partial charge in [0.1, 0.15) is 17.5 Å². The predicted octanol–water partition coefficient (Wildman–Crippen LogP) is 3.15. The molecule has 1 aromatic rings. The molecule has 1 aliphatic carbocycles. The number of allylic oxidation sites excluding steroid dienone is 1. The second-order valence-corrected chi connectivity index (χ2v) is 5.39. The number of nitrogens with zero attached hydrogens (tertiary/aromatic N) is 2. The molecule has 2 rings (SSSR count). The normalized spacial score (nSPS) is 14.7. The van der Waals surface area contributed by atoms with Crippen LogP contribution in [0.3, 0.4) is 0 Å². The SMILES string of the molecule is COCCNc1cc(NCCC2=CCCCC2)nc(C)n1. The van der Waals surface area contributed by atoms with Crippen LogP contribution in [0.25, 0.3) is 0 Å². The Labute approximate surface area is 127 Å². The summed E-state index contributed by atoms with van der Waals surface area (Å²) in [5, 5.41) is 6.64. The van der Waals surface area contributed by atoms with Gasteiger partial charge in [-0.1, -0.05) is 11.6 Å². The number of hydrogen-bond donors (Lipinski definition) is 2. The van der Waals surface area contributed by atoms with Crippen LogP contribution in [0.5, 0.6) is 0 Å². The molecule has 0 amide bonds. The van der Waals surface area contributed by atoms with E-state index in [-0.39, 0.29) is 0 Å². The number of anilines is 2. The van der Waals surface area contributed by atoms with Crippen LogP contribution in [0, 0.1) is 6.92 Å². The molecule has 0 atom stereocenters. The zero-order chi connectivity index (χ0) is 14.9. The van der Waals surface area contributed by atoms with E-state index in [4.69, 9.17) is 4.74 Å². The van der Waals surface area contributed by atoms with Crippen molar-refractivity contribution in [3.8, 4) is 0 Å². The van der Waals surface area contributed by atoms with Gasteiger partial charge in [-0.15, -0.1) is 0 Å². The van der Waals surface area contributed by atoms with Crippen molar-refractivity contribution in [2.75, 3.05) is 37.4 Å². The van der Waals surface area contributed by atoms with Crippen molar-refractivity contribution in [2.24, 2.45) is 0 Å². The first-order valence-corrected chi connectivity index (χ1v) is 7.78. The topological polar surface area (TPSA) is 59.1 Å². The van der Waals surface area contributed by atoms with Gasteiger partial charge < -0.3 is 15.4 Å². The number of nitrogens with one attached hydrogen (secondary N) is 2. The van der Waals surface area contributed by atoms with E-state index in [1.54, 1.807) is 12.7 Å². The van der Waals surface area contributed by atoms with E-state index in [0.29, 0.717) is 6.61 Å². The minimum absolute atomic E-state index is 0.667. The van der Waals surface area contributed by atoms with Crippen LogP contribution in [0.4, 0.5) is 11.6 Å². The van der Waals surface area contributed by atoms with Crippen molar-refractivity contribution in [1.29, 1.82) is 0 Å². The summed E-state index contributed by atoms with van der Waals surface area (Å²) in [5.41, 5.74) is 1.58. The molecule has 0 saturated heterocycles. The molecule has 0 aliphatic heterocycles. The fourth-order valence-electron chi connectivity index (χ4n) is 2.51. The lowest BCUT2D eigenvalue weighted by Gasteiger charge is -2.14. The Morgan fingerprint density at radius 1 is 1.14 bits per heavy atom. The number of aryl methyl sites for hydroxylation is 1. The van der Waals surface area contributed by atoms with E-state index in [1.807, 2.05) is 13.0 Å². The van der Waals surface area contributed by atoms with E-state index in [9.17, 15) is 0 Å². The molecule has 116 valence electrons. The largest absolute Gasteiger partial charge is 0.383 e. The molecule has 5 heteroatoms. The second kappa shape index (κ2) is 8.62. The quantitative estimate of drug-likeness (QED) is 0.569. The molecular weight excluding hydrogens is 264 g/mol. The van der Waals surface area contributed by atoms with Gasteiger partial charge in [0.25, 0.3) is 0 Å². The highest BCUT2D eigenvalue weighted by molar-refractivity contribution is 5.47. The molecule has 1 heterocycles. The Balaban J connectivity index is 1.82. The lowest BCUT2D eigenvalue weighted by atomic mass is 9.97. The van der Waals surface area contributed by atoms with Gasteiger partial charge in [0.2, 0.25) is 0 Å². The number of ether oxygens (including phenoxy) is 1. The van der Waals surface area contributed by atoms with Crippen LogP contribution in [-0.4, -0.2) is 36.8 Å². The molecule has 0 fully saturated rings. The Hall–Kier alpha value is -1.62. The molecule has 2 N–H and O–H groups in total. The lowest BCUT2D eigenvalue weighted by Crippen LogP contribution is -2.11. The van der Waals surface area contributed by atoms with Crippen LogP contribution in [-0.2, 0) is 4.74 Å². The van der Waals surface area contributed by atoms with Crippen LogP contribution < -0.4 is 10.6 Å². The number of hydrogen-bond acceptors (Lipinski definition) is 5. The highest BCUT2D eigenvalue weighted by atomic mass is 16.5. The van der Waals surface area contributed by atoms with Gasteiger partial charge in [0.05, 0.1) is 6.61 Å². The van der Waals surface area contributed by atoms with E-state index < -0.39 is 0 Å². The van der Waals surface area contributed by atoms with Crippen molar-refractivity contribution in [3.05, 3.63) is 23.5 Å². The minimum atomic E-state index is 0.667. The van der Waals surface area contributed by atoms with Crippen molar-refractivity contribution in [2.45, 2.75) is 39.0 Å². The average molecular weight is 290 g/mol. The molecule has 1 aliphatic rings. The Bertz CT molecular complexity index is 473. The first-order valence-electron chi connectivity index (χ1n) is 7.78. The molecule has 0 bridgehead atoms. The molecule has 0 saturated carbocycles. The highest BCUT2D eigenvalue weighted by Gasteiger charge is 2.05. The maximum Gasteiger partial charge on any atom is 0.131 e. The van der Waals surface area contributed by atoms with Crippen LogP contribution in [0.1, 0.15) is 37.9 Å². The van der Waals surface area contributed by atoms with Crippen LogP contribution in [0.2, 0.25) is 0 Å². The molecule has 1 aromatic heterocycles. The monoisotopic (exact) mass is 290 g/mol. The molecule has 0 aromatic carbocycles. The van der Waals surface area contributed by atoms with Gasteiger partial charge in [0, 0.05) is 26.3 Å². The summed E-state index contributed by atoms with van der Waals surface area (Å²) < 4.78 is 5.03. The third-order valence-electron chi connectivity index (χ3n) is 3.59. The third-order valence-corrected chi connectivity index (χ3v) is 3.59. The summed E-state index contributed by atoms with van der Waals surface area (Å²) in [7, 11) is 1.69. The minimum Gasteiger partial charge on any atom is -0.383 e. The number of aromatic nitrogens is 2. The van der Waals surface area contributed by atoms with E-state index in [0.717, 1.165) is 37.0 Å². The summed E-state index contributed by atoms with van der Waals surface area (Å²) in [6, 6.07) is 1.96. The van der Waals surface area contributed by atoms with Crippen molar-refractivity contribution < 1.29 is 4.74 Å². The van der Waals surface area contributed by atoms with Gasteiger partial charge in [0.15, 0.2) is 0 Å². The summed E-state index contributed by atoms with van der Waals surface area (Å²) >= 11 is 0. The standard InChI is InChI=1S/C16H26N4O/c1-13-19-15(12-16(20-13)18-10-11-21-2)17-9-8-14-6-4-3-5-7-14/h6,12H,3-5,7-11H2,1-2H3,(H2,17,18,19,20). The summed E-state index contributed by atoms with van der Waals surface area (Å²) in [6.07, 6.45) is 8.69. The zero-order valence-electron chi connectivity index (χ0n) is 13.1. The third kappa shape index (κ3) is 5.71. The molecule has 0 unspecified atom stereocenters. The average Bonchev–Trinajstić information content (AvgIpc) is 2.48. The molecule has 5 nitrogen and oxygen atoms in total. The Morgan fingerprint density at radius 3 is 2.57 bits per heavy atom. The van der Waals surface area contributed by atoms with Crippen molar-refractivity contribution in [1.82, 2.24) is 9.97 Å². The maximum atomic E-state index is 5.03. The lowest BCUT2D eigenvalue weighted by molar-refractivity contribution is 0.210. The summed E-state index contributed by atoms with van der Waals surface area (Å²) in [6.45, 7) is 4.26. The van der Waals surface area contributed by atoms with Gasteiger partial charge in [-0.05, 0) is 39.0 Å². The van der Waals surface area contributed by atoms with E-state index in [1.165, 1.54) is 25.7 Å². The second-order valence-electron chi connectivity index (χ2n) is 5.39. The van der Waals surface area contributed by atoms with Crippen LogP contribution >= 0.6 is 0 Å². The first kappa shape index (κ1) is 15.8. The predicted molar refractivity (Wildman–Crippen MR) is 86.8 cm³/mol. The van der Waals surface area contributed by atoms with Gasteiger partial charge in [-0.25, -0.2) is 9.97 Å². The van der Waals surface area contributed by atoms with Gasteiger partial charge >= 0.3 is 0 Å². The number of rotatable bonds is 8. The summed E-state index contributed by atoms with van der Waals surface area (Å²) in [5.74, 6) is 2.51. The smallest absolute Gasteiger partial charge is 0.131 e. The van der Waals surface area contributed by atoms with E-state index >= 15 is 0 Å². The fraction of sp³-hybridized carbons (Fsp3) is 0.625. The first-order chi connectivity index (χ1) is 10.3. The molecule has 21 heavy (non-hydrogen) atoms. The van der Waals surface area contributed by atoms with Crippen molar-refractivity contribution >= 4 is 11.6 Å². The fourth-order valence-corrected chi connectivity index (χ4v) is 2.51. The van der Waals surface area contributed by atoms with Gasteiger partial charge in [-0.3, -0.25) is 0 Å². The maximum absolute atomic E-state index is 5.03. The molecular formula is C16H26N4O.